The summed E-state index contributed by atoms with van der Waals surface area (Å²) in [6, 6.07) is 13.3. The van der Waals surface area contributed by atoms with Crippen LogP contribution in [0.5, 0.6) is 0 Å². The molecule has 1 aliphatic heterocycles. The van der Waals surface area contributed by atoms with E-state index in [0.717, 1.165) is 50.4 Å². The maximum Gasteiger partial charge on any atom is 0.253 e. The minimum Gasteiger partial charge on any atom is -0.349 e. The number of para-hydroxylation sites is 2. The van der Waals surface area contributed by atoms with E-state index in [4.69, 9.17) is 28.2 Å². The Hall–Kier alpha value is -2.24. The lowest BCUT2D eigenvalue weighted by Gasteiger charge is -2.33. The molecule has 0 saturated carbocycles. The first-order chi connectivity index (χ1) is 14.1. The van der Waals surface area contributed by atoms with Crippen molar-refractivity contribution in [3.05, 3.63) is 58.1 Å². The largest absolute Gasteiger partial charge is 0.349 e. The highest BCUT2D eigenvalue weighted by atomic mass is 35.5. The van der Waals surface area contributed by atoms with Gasteiger partial charge in [0.2, 0.25) is 5.95 Å². The fraction of sp³-hybridized carbons (Fsp3) is 0.364. The third kappa shape index (κ3) is 4.21. The van der Waals surface area contributed by atoms with Gasteiger partial charge in [-0.15, -0.1) is 0 Å². The molecule has 0 bridgehead atoms. The van der Waals surface area contributed by atoms with Crippen molar-refractivity contribution in [2.45, 2.75) is 38.8 Å². The molecular formula is C22H24Cl2N4O. The van der Waals surface area contributed by atoms with Crippen LogP contribution >= 0.6 is 23.2 Å². The molecule has 1 saturated heterocycles. The normalized spacial score (nSPS) is 15.1. The third-order valence-electron chi connectivity index (χ3n) is 5.37. The quantitative estimate of drug-likeness (QED) is 0.608. The number of aryl methyl sites for hydroxylation is 1. The molecule has 0 spiro atoms. The van der Waals surface area contributed by atoms with E-state index in [1.165, 1.54) is 5.52 Å². The van der Waals surface area contributed by atoms with Crippen LogP contribution in [0.3, 0.4) is 0 Å². The zero-order valence-corrected chi connectivity index (χ0v) is 17.9. The number of aromatic nitrogens is 2. The number of nitrogens with zero attached hydrogens (tertiary/aromatic N) is 3. The summed E-state index contributed by atoms with van der Waals surface area (Å²) in [5.74, 6) is 0.877. The van der Waals surface area contributed by atoms with Gasteiger partial charge in [0.25, 0.3) is 5.91 Å². The highest BCUT2D eigenvalue weighted by Gasteiger charge is 2.25. The topological polar surface area (TPSA) is 50.2 Å². The van der Waals surface area contributed by atoms with Crippen molar-refractivity contribution in [2.75, 3.05) is 18.0 Å². The number of carbonyl (C=O) groups excluding carboxylic acids is 1. The fourth-order valence-corrected chi connectivity index (χ4v) is 4.40. The lowest BCUT2D eigenvalue weighted by molar-refractivity contribution is 0.0931. The average molecular weight is 431 g/mol. The molecule has 2 aromatic carbocycles. The SMILES string of the molecule is CCCn1c(N2CCC(NC(=O)c3ccc(Cl)cc3Cl)CC2)nc2ccccc21. The van der Waals surface area contributed by atoms with Crippen LogP contribution in [-0.2, 0) is 6.54 Å². The molecule has 0 unspecified atom stereocenters. The Morgan fingerprint density at radius 3 is 2.66 bits per heavy atom. The molecule has 3 aromatic rings. The van der Waals surface area contributed by atoms with Crippen LogP contribution < -0.4 is 10.2 Å². The smallest absolute Gasteiger partial charge is 0.253 e. The van der Waals surface area contributed by atoms with E-state index >= 15 is 0 Å². The highest BCUT2D eigenvalue weighted by molar-refractivity contribution is 6.36. The summed E-state index contributed by atoms with van der Waals surface area (Å²) in [6.45, 7) is 4.84. The summed E-state index contributed by atoms with van der Waals surface area (Å²) in [7, 11) is 0. The van der Waals surface area contributed by atoms with E-state index in [1.807, 2.05) is 6.07 Å². The number of carbonyl (C=O) groups is 1. The molecule has 1 N–H and O–H groups in total. The standard InChI is InChI=1S/C22H24Cl2N4O/c1-2-11-28-20-6-4-3-5-19(20)26-22(28)27-12-9-16(10-13-27)25-21(29)17-8-7-15(23)14-18(17)24/h3-8,14,16H,2,9-13H2,1H3,(H,25,29). The lowest BCUT2D eigenvalue weighted by atomic mass is 10.0. The molecule has 5 nitrogen and oxygen atoms in total. The van der Waals surface area contributed by atoms with Crippen LogP contribution in [0, 0.1) is 0 Å². The van der Waals surface area contributed by atoms with Gasteiger partial charge < -0.3 is 14.8 Å². The molecule has 1 aromatic heterocycles. The van der Waals surface area contributed by atoms with Crippen molar-refractivity contribution in [1.82, 2.24) is 14.9 Å². The number of piperidine rings is 1. The molecule has 0 aliphatic carbocycles. The summed E-state index contributed by atoms with van der Waals surface area (Å²) in [6.07, 6.45) is 2.79. The number of hydrogen-bond acceptors (Lipinski definition) is 3. The zero-order chi connectivity index (χ0) is 20.4. The molecule has 1 fully saturated rings. The highest BCUT2D eigenvalue weighted by Crippen LogP contribution is 2.26. The number of fused-ring (bicyclic) bond motifs is 1. The van der Waals surface area contributed by atoms with Crippen LogP contribution in [0.1, 0.15) is 36.5 Å². The van der Waals surface area contributed by atoms with E-state index in [9.17, 15) is 4.79 Å². The Labute approximate surface area is 180 Å². The second kappa shape index (κ2) is 8.64. The summed E-state index contributed by atoms with van der Waals surface area (Å²) in [5.41, 5.74) is 2.67. The second-order valence-electron chi connectivity index (χ2n) is 7.41. The van der Waals surface area contributed by atoms with E-state index in [-0.39, 0.29) is 11.9 Å². The van der Waals surface area contributed by atoms with Crippen LogP contribution in [-0.4, -0.2) is 34.6 Å². The number of rotatable bonds is 5. The Morgan fingerprint density at radius 2 is 1.93 bits per heavy atom. The number of anilines is 1. The molecule has 0 atom stereocenters. The van der Waals surface area contributed by atoms with Crippen molar-refractivity contribution in [2.24, 2.45) is 0 Å². The van der Waals surface area contributed by atoms with Gasteiger partial charge in [0.15, 0.2) is 0 Å². The van der Waals surface area contributed by atoms with Crippen molar-refractivity contribution in [3.63, 3.8) is 0 Å². The minimum absolute atomic E-state index is 0.120. The first-order valence-corrected chi connectivity index (χ1v) is 10.8. The zero-order valence-electron chi connectivity index (χ0n) is 16.4. The molecule has 1 amide bonds. The fourth-order valence-electron chi connectivity index (χ4n) is 3.91. The molecule has 0 radical (unpaired) electrons. The van der Waals surface area contributed by atoms with Gasteiger partial charge in [-0.2, -0.15) is 0 Å². The number of imidazole rings is 1. The predicted octanol–water partition coefficient (Wildman–Crippen LogP) is 5.15. The van der Waals surface area contributed by atoms with Gasteiger partial charge in [0.1, 0.15) is 0 Å². The van der Waals surface area contributed by atoms with Crippen LogP contribution in [0.15, 0.2) is 42.5 Å². The summed E-state index contributed by atoms with van der Waals surface area (Å²) >= 11 is 12.1. The first-order valence-electron chi connectivity index (χ1n) is 10.0. The summed E-state index contributed by atoms with van der Waals surface area (Å²) in [4.78, 5) is 19.8. The van der Waals surface area contributed by atoms with Gasteiger partial charge in [0, 0.05) is 30.7 Å². The minimum atomic E-state index is -0.150. The molecule has 7 heteroatoms. The molecule has 4 rings (SSSR count). The Balaban J connectivity index is 1.44. The Bertz CT molecular complexity index is 1020. The van der Waals surface area contributed by atoms with Crippen molar-refractivity contribution in [1.29, 1.82) is 0 Å². The van der Waals surface area contributed by atoms with E-state index in [0.29, 0.717) is 15.6 Å². The van der Waals surface area contributed by atoms with E-state index < -0.39 is 0 Å². The maximum absolute atomic E-state index is 12.6. The van der Waals surface area contributed by atoms with Crippen LogP contribution in [0.25, 0.3) is 11.0 Å². The van der Waals surface area contributed by atoms with Gasteiger partial charge >= 0.3 is 0 Å². The van der Waals surface area contributed by atoms with Crippen LogP contribution in [0.4, 0.5) is 5.95 Å². The lowest BCUT2D eigenvalue weighted by Crippen LogP contribution is -2.45. The molecule has 152 valence electrons. The molecule has 2 heterocycles. The maximum atomic E-state index is 12.6. The van der Waals surface area contributed by atoms with Crippen molar-refractivity contribution < 1.29 is 4.79 Å². The molecule has 1 aliphatic rings. The Morgan fingerprint density at radius 1 is 1.17 bits per heavy atom. The van der Waals surface area contributed by atoms with E-state index in [1.54, 1.807) is 18.2 Å². The number of nitrogens with one attached hydrogen (secondary N) is 1. The second-order valence-corrected chi connectivity index (χ2v) is 8.25. The van der Waals surface area contributed by atoms with Gasteiger partial charge in [0.05, 0.1) is 21.6 Å². The number of amides is 1. The summed E-state index contributed by atoms with van der Waals surface area (Å²) < 4.78 is 2.31. The number of benzene rings is 2. The Kier molecular flexibility index (Phi) is 5.97. The van der Waals surface area contributed by atoms with Crippen molar-refractivity contribution >= 4 is 46.1 Å². The number of hydrogen-bond donors (Lipinski definition) is 1. The first kappa shape index (κ1) is 20.0. The van der Waals surface area contributed by atoms with Gasteiger partial charge in [-0.25, -0.2) is 4.98 Å². The average Bonchev–Trinajstić information content (AvgIpc) is 3.07. The summed E-state index contributed by atoms with van der Waals surface area (Å²) in [5, 5.41) is 4.01. The third-order valence-corrected chi connectivity index (χ3v) is 5.92. The van der Waals surface area contributed by atoms with E-state index in [2.05, 4.69) is 39.9 Å². The monoisotopic (exact) mass is 430 g/mol. The van der Waals surface area contributed by atoms with Gasteiger partial charge in [-0.05, 0) is 49.6 Å². The van der Waals surface area contributed by atoms with Crippen molar-refractivity contribution in [3.8, 4) is 0 Å². The number of halogens is 2. The van der Waals surface area contributed by atoms with Gasteiger partial charge in [-0.3, -0.25) is 4.79 Å². The molecule has 29 heavy (non-hydrogen) atoms. The van der Waals surface area contributed by atoms with Crippen LogP contribution in [0.2, 0.25) is 10.0 Å². The predicted molar refractivity (Wildman–Crippen MR) is 119 cm³/mol. The van der Waals surface area contributed by atoms with Gasteiger partial charge in [-0.1, -0.05) is 42.3 Å². The molecular weight excluding hydrogens is 407 g/mol.